The predicted molar refractivity (Wildman–Crippen MR) is 120 cm³/mol. The zero-order chi connectivity index (χ0) is 23.0. The molecule has 0 amide bonds. The molecule has 0 spiro atoms. The van der Waals surface area contributed by atoms with Crippen LogP contribution in [0.25, 0.3) is 10.2 Å². The number of H-pyrrole nitrogens is 1. The molecule has 0 saturated carbocycles. The summed E-state index contributed by atoms with van der Waals surface area (Å²) in [5.74, 6) is 0.0296. The van der Waals surface area contributed by atoms with Crippen molar-refractivity contribution >= 4 is 27.5 Å². The number of carbonyl (C=O) groups excluding carboxylic acids is 1. The Hall–Kier alpha value is -1.85. The second-order valence-electron chi connectivity index (χ2n) is 7.59. The second-order valence-corrected chi connectivity index (χ2v) is 8.59. The van der Waals surface area contributed by atoms with Crippen molar-refractivity contribution in [3.05, 3.63) is 26.6 Å². The molecule has 174 valence electrons. The van der Waals surface area contributed by atoms with E-state index in [1.807, 2.05) is 18.7 Å². The Morgan fingerprint density at radius 3 is 2.74 bits per heavy atom. The molecular weight excluding hydrogens is 422 g/mol. The summed E-state index contributed by atoms with van der Waals surface area (Å²) in [5, 5.41) is 10.8. The van der Waals surface area contributed by atoms with Crippen molar-refractivity contribution < 1.29 is 24.1 Å². The third-order valence-electron chi connectivity index (χ3n) is 4.60. The van der Waals surface area contributed by atoms with E-state index in [1.165, 1.54) is 0 Å². The molecule has 2 N–H and O–H groups in total. The number of hydrogen-bond donors (Lipinski definition) is 2. The number of hydrogen-bond acceptors (Lipinski definition) is 9. The van der Waals surface area contributed by atoms with Gasteiger partial charge in [0.2, 0.25) is 0 Å². The highest BCUT2D eigenvalue weighted by atomic mass is 32.1. The smallest absolute Gasteiger partial charge is 0.348 e. The first kappa shape index (κ1) is 25.4. The fourth-order valence-corrected chi connectivity index (χ4v) is 4.28. The predicted octanol–water partition coefficient (Wildman–Crippen LogP) is 2.09. The number of nitrogens with zero attached hydrogens (tertiary/aromatic N) is 2. The van der Waals surface area contributed by atoms with Gasteiger partial charge < -0.3 is 24.3 Å². The van der Waals surface area contributed by atoms with Gasteiger partial charge in [-0.25, -0.2) is 9.78 Å². The van der Waals surface area contributed by atoms with Crippen molar-refractivity contribution in [2.75, 3.05) is 40.0 Å². The molecule has 0 bridgehead atoms. The number of nitrogens with one attached hydrogen (secondary N) is 1. The molecular formula is C21H33N3O6S. The van der Waals surface area contributed by atoms with Gasteiger partial charge in [-0.1, -0.05) is 0 Å². The van der Waals surface area contributed by atoms with Gasteiger partial charge in [0.25, 0.3) is 5.56 Å². The minimum atomic E-state index is -0.667. The standard InChI is InChI=1S/C21H33N3O6S/c1-6-29-21(27)18-14(4)17-19(26)22-16(23-20(17)31-18)11-24(8-7-9-28-5)10-15(25)12-30-13(2)3/h13,15,25H,6-12H2,1-5H3,(H,22,23,26). The normalized spacial score (nSPS) is 12.8. The van der Waals surface area contributed by atoms with Crippen LogP contribution in [0.2, 0.25) is 0 Å². The molecule has 0 aliphatic carbocycles. The Morgan fingerprint density at radius 1 is 1.35 bits per heavy atom. The van der Waals surface area contributed by atoms with Gasteiger partial charge in [-0.05, 0) is 39.7 Å². The average molecular weight is 456 g/mol. The molecule has 2 rings (SSSR count). The van der Waals surface area contributed by atoms with Gasteiger partial charge in [0.05, 0.1) is 37.4 Å². The van der Waals surface area contributed by atoms with Gasteiger partial charge in [-0.15, -0.1) is 11.3 Å². The Bertz CT molecular complexity index is 910. The molecule has 0 fully saturated rings. The molecule has 0 aliphatic heterocycles. The molecule has 10 heteroatoms. The van der Waals surface area contributed by atoms with E-state index in [0.717, 1.165) is 17.8 Å². The van der Waals surface area contributed by atoms with Gasteiger partial charge >= 0.3 is 5.97 Å². The maximum Gasteiger partial charge on any atom is 0.348 e. The highest BCUT2D eigenvalue weighted by molar-refractivity contribution is 7.20. The summed E-state index contributed by atoms with van der Waals surface area (Å²) in [6, 6.07) is 0. The number of methoxy groups -OCH3 is 1. The van der Waals surface area contributed by atoms with Crippen LogP contribution < -0.4 is 5.56 Å². The van der Waals surface area contributed by atoms with Crippen LogP contribution in [-0.4, -0.2) is 78.2 Å². The summed E-state index contributed by atoms with van der Waals surface area (Å²) in [7, 11) is 1.64. The largest absolute Gasteiger partial charge is 0.462 e. The van der Waals surface area contributed by atoms with Crippen molar-refractivity contribution in [3.8, 4) is 0 Å². The number of aliphatic hydroxyl groups is 1. The summed E-state index contributed by atoms with van der Waals surface area (Å²) in [4.78, 5) is 35.2. The molecule has 2 heterocycles. The lowest BCUT2D eigenvalue weighted by atomic mass is 10.2. The van der Waals surface area contributed by atoms with Gasteiger partial charge in [0.15, 0.2) is 0 Å². The van der Waals surface area contributed by atoms with Gasteiger partial charge in [-0.2, -0.15) is 0 Å². The van der Waals surface area contributed by atoms with Crippen LogP contribution in [-0.2, 0) is 20.8 Å². The number of aromatic amines is 1. The number of thiophene rings is 1. The molecule has 0 radical (unpaired) electrons. The minimum absolute atomic E-state index is 0.0349. The van der Waals surface area contributed by atoms with Crippen LogP contribution in [0, 0.1) is 6.92 Å². The van der Waals surface area contributed by atoms with Crippen LogP contribution in [0.1, 0.15) is 48.3 Å². The van der Waals surface area contributed by atoms with E-state index < -0.39 is 12.1 Å². The number of ether oxygens (including phenoxy) is 3. The lowest BCUT2D eigenvalue weighted by molar-refractivity contribution is -0.0106. The molecule has 2 aromatic heterocycles. The first-order chi connectivity index (χ1) is 14.8. The van der Waals surface area contributed by atoms with Crippen molar-refractivity contribution in [3.63, 3.8) is 0 Å². The van der Waals surface area contributed by atoms with Crippen molar-refractivity contribution in [2.45, 2.75) is 52.9 Å². The van der Waals surface area contributed by atoms with E-state index >= 15 is 0 Å². The van der Waals surface area contributed by atoms with E-state index in [9.17, 15) is 14.7 Å². The monoisotopic (exact) mass is 455 g/mol. The van der Waals surface area contributed by atoms with Crippen molar-refractivity contribution in [2.24, 2.45) is 0 Å². The Balaban J connectivity index is 2.23. The van der Waals surface area contributed by atoms with Gasteiger partial charge in [0, 0.05) is 26.8 Å². The van der Waals surface area contributed by atoms with Crippen LogP contribution in [0.3, 0.4) is 0 Å². The fraction of sp³-hybridized carbons (Fsp3) is 0.667. The van der Waals surface area contributed by atoms with E-state index in [4.69, 9.17) is 14.2 Å². The van der Waals surface area contributed by atoms with E-state index in [2.05, 4.69) is 9.97 Å². The Kier molecular flexibility index (Phi) is 10.0. The topological polar surface area (TPSA) is 114 Å². The lowest BCUT2D eigenvalue weighted by Gasteiger charge is -2.25. The molecule has 0 aliphatic rings. The van der Waals surface area contributed by atoms with Crippen LogP contribution in [0.15, 0.2) is 4.79 Å². The summed E-state index contributed by atoms with van der Waals surface area (Å²) in [5.41, 5.74) is 0.293. The van der Waals surface area contributed by atoms with E-state index in [1.54, 1.807) is 21.0 Å². The molecule has 9 nitrogen and oxygen atoms in total. The maximum absolute atomic E-state index is 12.7. The number of carbonyl (C=O) groups is 1. The van der Waals surface area contributed by atoms with Crippen LogP contribution in [0.5, 0.6) is 0 Å². The van der Waals surface area contributed by atoms with E-state index in [0.29, 0.717) is 52.7 Å². The fourth-order valence-electron chi connectivity index (χ4n) is 3.19. The highest BCUT2D eigenvalue weighted by Gasteiger charge is 2.21. The number of aliphatic hydroxyl groups excluding tert-OH is 1. The zero-order valence-electron chi connectivity index (χ0n) is 18.9. The average Bonchev–Trinajstić information content (AvgIpc) is 3.03. The van der Waals surface area contributed by atoms with Gasteiger partial charge in [0.1, 0.15) is 15.5 Å². The SMILES string of the molecule is CCOC(=O)c1sc2nc(CN(CCCOC)CC(O)COC(C)C)[nH]c(=O)c2c1C. The van der Waals surface area contributed by atoms with Crippen LogP contribution >= 0.6 is 11.3 Å². The minimum Gasteiger partial charge on any atom is -0.462 e. The van der Waals surface area contributed by atoms with Crippen LogP contribution in [0.4, 0.5) is 0 Å². The number of rotatable bonds is 13. The quantitative estimate of drug-likeness (QED) is 0.349. The summed E-state index contributed by atoms with van der Waals surface area (Å²) in [6.45, 7) is 9.76. The number of esters is 1. The summed E-state index contributed by atoms with van der Waals surface area (Å²) >= 11 is 1.16. The zero-order valence-corrected chi connectivity index (χ0v) is 19.7. The van der Waals surface area contributed by atoms with Crippen molar-refractivity contribution in [1.29, 1.82) is 0 Å². The summed E-state index contributed by atoms with van der Waals surface area (Å²) in [6.07, 6.45) is 0.138. The van der Waals surface area contributed by atoms with E-state index in [-0.39, 0.29) is 24.9 Å². The number of aromatic nitrogens is 2. The molecule has 31 heavy (non-hydrogen) atoms. The second kappa shape index (κ2) is 12.3. The molecule has 0 saturated heterocycles. The molecule has 0 aromatic carbocycles. The Morgan fingerprint density at radius 2 is 2.10 bits per heavy atom. The Labute approximate surface area is 186 Å². The lowest BCUT2D eigenvalue weighted by Crippen LogP contribution is -2.37. The number of aryl methyl sites for hydroxylation is 1. The molecule has 2 aromatic rings. The third-order valence-corrected chi connectivity index (χ3v) is 5.76. The molecule has 1 atom stereocenters. The number of fused-ring (bicyclic) bond motifs is 1. The van der Waals surface area contributed by atoms with Gasteiger partial charge in [-0.3, -0.25) is 9.69 Å². The van der Waals surface area contributed by atoms with Crippen molar-refractivity contribution in [1.82, 2.24) is 14.9 Å². The summed E-state index contributed by atoms with van der Waals surface area (Å²) < 4.78 is 15.7. The highest BCUT2D eigenvalue weighted by Crippen LogP contribution is 2.27. The first-order valence-electron chi connectivity index (χ1n) is 10.5. The first-order valence-corrected chi connectivity index (χ1v) is 11.3. The maximum atomic E-state index is 12.7. The third kappa shape index (κ3) is 7.36. The molecule has 1 unspecified atom stereocenters.